The molecule has 17 heavy (non-hydrogen) atoms. The molecule has 94 valence electrons. The Balaban J connectivity index is 1.95. The normalized spacial score (nSPS) is 19.3. The molecule has 1 N–H and O–H groups in total. The third-order valence-corrected chi connectivity index (χ3v) is 2.74. The molecule has 1 aromatic heterocycles. The van der Waals surface area contributed by atoms with Crippen LogP contribution in [0.3, 0.4) is 0 Å². The number of hydrogen-bond acceptors (Lipinski definition) is 5. The average Bonchev–Trinajstić information content (AvgIpc) is 2.83. The third kappa shape index (κ3) is 3.44. The minimum Gasteiger partial charge on any atom is -0.474 e. The molecule has 0 radical (unpaired) electrons. The summed E-state index contributed by atoms with van der Waals surface area (Å²) >= 11 is 5.96. The number of hydrogen-bond donors (Lipinski definition) is 1. The molecule has 0 amide bonds. The highest BCUT2D eigenvalue weighted by molar-refractivity contribution is 6.31. The van der Waals surface area contributed by atoms with Crippen molar-refractivity contribution in [3.05, 3.63) is 11.2 Å². The summed E-state index contributed by atoms with van der Waals surface area (Å²) in [5.41, 5.74) is 0. The van der Waals surface area contributed by atoms with Gasteiger partial charge in [-0.2, -0.15) is 4.98 Å². The Morgan fingerprint density at radius 1 is 1.65 bits per heavy atom. The van der Waals surface area contributed by atoms with E-state index in [0.29, 0.717) is 23.5 Å². The van der Waals surface area contributed by atoms with Gasteiger partial charge in [0.05, 0.1) is 12.3 Å². The fraction of sp³-hybridized carbons (Fsp3) is 0.636. The van der Waals surface area contributed by atoms with Gasteiger partial charge in [0.1, 0.15) is 11.6 Å². The van der Waals surface area contributed by atoms with Gasteiger partial charge in [-0.3, -0.25) is 0 Å². The van der Waals surface area contributed by atoms with Gasteiger partial charge in [0.25, 0.3) is 0 Å². The summed E-state index contributed by atoms with van der Waals surface area (Å²) in [7, 11) is 0. The molecule has 1 saturated heterocycles. The molecule has 1 fully saturated rings. The van der Waals surface area contributed by atoms with Gasteiger partial charge < -0.3 is 14.8 Å². The van der Waals surface area contributed by atoms with E-state index in [2.05, 4.69) is 15.3 Å². The largest absolute Gasteiger partial charge is 0.474 e. The van der Waals surface area contributed by atoms with Crippen LogP contribution in [0, 0.1) is 0 Å². The lowest BCUT2D eigenvalue weighted by molar-refractivity contribution is 0.0664. The second-order valence-electron chi connectivity index (χ2n) is 3.82. The Labute approximate surface area is 105 Å². The molecule has 1 unspecified atom stereocenters. The van der Waals surface area contributed by atoms with E-state index in [1.54, 1.807) is 0 Å². The van der Waals surface area contributed by atoms with E-state index in [1.807, 2.05) is 6.92 Å². The molecule has 0 saturated carbocycles. The quantitative estimate of drug-likeness (QED) is 0.876. The molecule has 6 heteroatoms. The Bertz CT molecular complexity index is 370. The number of halogens is 1. The first kappa shape index (κ1) is 12.4. The van der Waals surface area contributed by atoms with E-state index >= 15 is 0 Å². The summed E-state index contributed by atoms with van der Waals surface area (Å²) in [5, 5.41) is 3.43. The molecule has 0 spiro atoms. The van der Waals surface area contributed by atoms with Gasteiger partial charge in [0.2, 0.25) is 11.8 Å². The first-order valence-corrected chi connectivity index (χ1v) is 6.18. The number of anilines is 1. The number of aromatic nitrogens is 2. The van der Waals surface area contributed by atoms with Crippen LogP contribution in [-0.2, 0) is 4.74 Å². The van der Waals surface area contributed by atoms with Crippen molar-refractivity contribution in [3.8, 4) is 5.88 Å². The van der Waals surface area contributed by atoms with Gasteiger partial charge in [-0.05, 0) is 19.8 Å². The number of ether oxygens (including phenoxy) is 2. The van der Waals surface area contributed by atoms with Crippen molar-refractivity contribution in [2.24, 2.45) is 0 Å². The predicted molar refractivity (Wildman–Crippen MR) is 65.7 cm³/mol. The fourth-order valence-corrected chi connectivity index (χ4v) is 1.79. The van der Waals surface area contributed by atoms with Gasteiger partial charge in [0.15, 0.2) is 0 Å². The summed E-state index contributed by atoms with van der Waals surface area (Å²) < 4.78 is 11.0. The van der Waals surface area contributed by atoms with Gasteiger partial charge >= 0.3 is 0 Å². The number of nitrogens with zero attached hydrogens (tertiary/aromatic N) is 2. The second kappa shape index (κ2) is 6.02. The molecule has 2 heterocycles. The van der Waals surface area contributed by atoms with Crippen molar-refractivity contribution in [2.75, 3.05) is 25.1 Å². The first-order chi connectivity index (χ1) is 8.29. The molecule has 1 atom stereocenters. The van der Waals surface area contributed by atoms with Crippen molar-refractivity contribution in [1.29, 1.82) is 0 Å². The molecule has 0 aromatic carbocycles. The molecule has 1 aliphatic heterocycles. The molecule has 2 rings (SSSR count). The van der Waals surface area contributed by atoms with Crippen LogP contribution in [0.15, 0.2) is 6.20 Å². The molecule has 5 nitrogen and oxygen atoms in total. The van der Waals surface area contributed by atoms with E-state index in [-0.39, 0.29) is 6.10 Å². The molecular formula is C11H16ClN3O2. The highest BCUT2D eigenvalue weighted by Crippen LogP contribution is 2.23. The zero-order valence-electron chi connectivity index (χ0n) is 9.78. The maximum atomic E-state index is 5.96. The highest BCUT2D eigenvalue weighted by Gasteiger charge is 2.17. The topological polar surface area (TPSA) is 56.3 Å². The molecule has 0 bridgehead atoms. The van der Waals surface area contributed by atoms with Crippen molar-refractivity contribution >= 4 is 17.5 Å². The Morgan fingerprint density at radius 3 is 3.24 bits per heavy atom. The fourth-order valence-electron chi connectivity index (χ4n) is 1.64. The Kier molecular flexibility index (Phi) is 4.39. The summed E-state index contributed by atoms with van der Waals surface area (Å²) in [6, 6.07) is 0. The van der Waals surface area contributed by atoms with Crippen LogP contribution >= 0.6 is 11.6 Å². The lowest BCUT2D eigenvalue weighted by Crippen LogP contribution is -2.17. The van der Waals surface area contributed by atoms with Gasteiger partial charge in [-0.15, -0.1) is 0 Å². The highest BCUT2D eigenvalue weighted by atomic mass is 35.5. The summed E-state index contributed by atoms with van der Waals surface area (Å²) in [5.74, 6) is 0.937. The van der Waals surface area contributed by atoms with Crippen molar-refractivity contribution in [1.82, 2.24) is 9.97 Å². The molecular weight excluding hydrogens is 242 g/mol. The Hall–Kier alpha value is -1.07. The Morgan fingerprint density at radius 2 is 2.53 bits per heavy atom. The smallest absolute Gasteiger partial charge is 0.237 e. The second-order valence-corrected chi connectivity index (χ2v) is 4.23. The van der Waals surface area contributed by atoms with Crippen molar-refractivity contribution < 1.29 is 9.47 Å². The van der Waals surface area contributed by atoms with E-state index in [1.165, 1.54) is 6.20 Å². The predicted octanol–water partition coefficient (Wildman–Crippen LogP) is 2.12. The zero-order valence-corrected chi connectivity index (χ0v) is 10.5. The molecule has 1 aromatic rings. The van der Waals surface area contributed by atoms with E-state index in [9.17, 15) is 0 Å². The number of rotatable bonds is 5. The van der Waals surface area contributed by atoms with Gasteiger partial charge in [-0.25, -0.2) is 4.98 Å². The maximum absolute atomic E-state index is 5.96. The van der Waals surface area contributed by atoms with Crippen molar-refractivity contribution in [2.45, 2.75) is 25.9 Å². The average molecular weight is 258 g/mol. The molecule has 1 aliphatic rings. The van der Waals surface area contributed by atoms with Crippen LogP contribution < -0.4 is 10.1 Å². The van der Waals surface area contributed by atoms with Crippen LogP contribution in [0.5, 0.6) is 5.88 Å². The maximum Gasteiger partial charge on any atom is 0.237 e. The van der Waals surface area contributed by atoms with Crippen LogP contribution in [0.2, 0.25) is 5.02 Å². The summed E-state index contributed by atoms with van der Waals surface area (Å²) in [4.78, 5) is 8.23. The van der Waals surface area contributed by atoms with E-state index < -0.39 is 0 Å². The zero-order chi connectivity index (χ0) is 12.1. The SMILES string of the molecule is CCNc1ncc(Cl)c(OCC2CCCO2)n1. The summed E-state index contributed by atoms with van der Waals surface area (Å²) in [6.07, 6.45) is 3.82. The van der Waals surface area contributed by atoms with Gasteiger partial charge in [0, 0.05) is 13.2 Å². The third-order valence-electron chi connectivity index (χ3n) is 2.48. The van der Waals surface area contributed by atoms with Crippen LogP contribution in [0.1, 0.15) is 19.8 Å². The lowest BCUT2D eigenvalue weighted by atomic mass is 10.2. The minimum atomic E-state index is 0.156. The van der Waals surface area contributed by atoms with Crippen LogP contribution in [-0.4, -0.2) is 35.8 Å². The first-order valence-electron chi connectivity index (χ1n) is 5.80. The summed E-state index contributed by atoms with van der Waals surface area (Å²) in [6.45, 7) is 4.04. The standard InChI is InChI=1S/C11H16ClN3O2/c1-2-13-11-14-6-9(12)10(15-11)17-7-8-4-3-5-16-8/h6,8H,2-5,7H2,1H3,(H,13,14,15). The van der Waals surface area contributed by atoms with E-state index in [4.69, 9.17) is 21.1 Å². The monoisotopic (exact) mass is 257 g/mol. The number of nitrogens with one attached hydrogen (secondary N) is 1. The van der Waals surface area contributed by atoms with Crippen LogP contribution in [0.25, 0.3) is 0 Å². The molecule has 0 aliphatic carbocycles. The minimum absolute atomic E-state index is 0.156. The van der Waals surface area contributed by atoms with E-state index in [0.717, 1.165) is 26.0 Å². The van der Waals surface area contributed by atoms with Crippen LogP contribution in [0.4, 0.5) is 5.95 Å². The van der Waals surface area contributed by atoms with Crippen molar-refractivity contribution in [3.63, 3.8) is 0 Å². The van der Waals surface area contributed by atoms with Gasteiger partial charge in [-0.1, -0.05) is 11.6 Å². The lowest BCUT2D eigenvalue weighted by Gasteiger charge is -2.12.